The summed E-state index contributed by atoms with van der Waals surface area (Å²) in [5.74, 6) is -1.66. The molecule has 0 radical (unpaired) electrons. The van der Waals surface area contributed by atoms with Crippen molar-refractivity contribution in [3.8, 4) is 5.75 Å². The van der Waals surface area contributed by atoms with Gasteiger partial charge in [0, 0.05) is 18.0 Å². The van der Waals surface area contributed by atoms with Gasteiger partial charge in [-0.15, -0.1) is 0 Å². The highest BCUT2D eigenvalue weighted by atomic mass is 19.1. The molecule has 0 spiro atoms. The number of rotatable bonds is 2. The van der Waals surface area contributed by atoms with Crippen molar-refractivity contribution in [2.75, 3.05) is 20.2 Å². The predicted molar refractivity (Wildman–Crippen MR) is 116 cm³/mol. The fourth-order valence-corrected chi connectivity index (χ4v) is 5.29. The number of likely N-dealkylation sites (tertiary alicyclic amines) is 1. The van der Waals surface area contributed by atoms with Crippen molar-refractivity contribution in [3.05, 3.63) is 33.9 Å². The monoisotopic (exact) mass is 433 g/mol. The highest BCUT2D eigenvalue weighted by Crippen LogP contribution is 2.52. The number of carboxylic acid groups (broad SMARTS) is 1. The number of aromatic carboxylic acids is 1. The third-order valence-electron chi connectivity index (χ3n) is 7.52. The normalized spacial score (nSPS) is 28.9. The fraction of sp³-hybridized carbons (Fsp3) is 0.565. The van der Waals surface area contributed by atoms with Crippen molar-refractivity contribution in [1.29, 1.82) is 0 Å². The van der Waals surface area contributed by atoms with E-state index in [0.717, 1.165) is 6.07 Å². The molecule has 2 aliphatic rings. The van der Waals surface area contributed by atoms with E-state index in [1.165, 1.54) is 6.20 Å². The van der Waals surface area contributed by atoms with Gasteiger partial charge >= 0.3 is 5.97 Å². The summed E-state index contributed by atoms with van der Waals surface area (Å²) in [6, 6.07) is 0.934. The van der Waals surface area contributed by atoms with Gasteiger partial charge in [-0.3, -0.25) is 9.28 Å². The lowest BCUT2D eigenvalue weighted by Gasteiger charge is -2.56. The minimum absolute atomic E-state index is 0.00316. The molecule has 2 aromatic rings. The molecule has 8 heteroatoms. The molecular weight excluding hydrogens is 403 g/mol. The molecule has 31 heavy (non-hydrogen) atoms. The number of pyridine rings is 1. The number of ether oxygens (including phenoxy) is 1. The second kappa shape index (κ2) is 6.53. The van der Waals surface area contributed by atoms with Crippen LogP contribution in [0.2, 0.25) is 0 Å². The van der Waals surface area contributed by atoms with Crippen molar-refractivity contribution < 1.29 is 24.1 Å². The molecule has 2 aliphatic heterocycles. The lowest BCUT2D eigenvalue weighted by molar-refractivity contribution is -0.0699. The van der Waals surface area contributed by atoms with E-state index in [1.54, 1.807) is 4.57 Å². The van der Waals surface area contributed by atoms with Gasteiger partial charge in [-0.05, 0) is 26.8 Å². The number of hydrogen-bond donors (Lipinski definition) is 2. The smallest absolute Gasteiger partial charge is 0.341 e. The van der Waals surface area contributed by atoms with Crippen LogP contribution in [0, 0.1) is 11.2 Å². The van der Waals surface area contributed by atoms with Crippen LogP contribution >= 0.6 is 0 Å². The first-order valence-corrected chi connectivity index (χ1v) is 10.5. The minimum atomic E-state index is -1.34. The van der Waals surface area contributed by atoms with Crippen molar-refractivity contribution in [1.82, 2.24) is 9.05 Å². The maximum atomic E-state index is 15.8. The van der Waals surface area contributed by atoms with Crippen LogP contribution in [-0.2, 0) is 0 Å². The Morgan fingerprint density at radius 1 is 1.32 bits per heavy atom. The average molecular weight is 434 g/mol. The number of carbonyl (C=O) groups is 1. The van der Waals surface area contributed by atoms with Crippen LogP contribution < -0.4 is 14.6 Å². The molecule has 7 nitrogen and oxygen atoms in total. The van der Waals surface area contributed by atoms with E-state index in [9.17, 15) is 19.8 Å². The lowest BCUT2D eigenvalue weighted by Crippen LogP contribution is -2.70. The van der Waals surface area contributed by atoms with E-state index in [2.05, 4.69) is 0 Å². The van der Waals surface area contributed by atoms with Crippen LogP contribution in [0.3, 0.4) is 0 Å². The van der Waals surface area contributed by atoms with Crippen LogP contribution in [0.25, 0.3) is 10.9 Å². The van der Waals surface area contributed by atoms with E-state index in [0.29, 0.717) is 24.2 Å². The van der Waals surface area contributed by atoms with Crippen LogP contribution in [0.15, 0.2) is 17.1 Å². The van der Waals surface area contributed by atoms with Crippen molar-refractivity contribution >= 4 is 22.6 Å². The molecule has 0 amide bonds. The molecule has 168 valence electrons. The van der Waals surface area contributed by atoms with Gasteiger partial charge in [-0.1, -0.05) is 13.8 Å². The Bertz CT molecular complexity index is 1170. The molecule has 1 saturated heterocycles. The molecule has 1 aromatic carbocycles. The number of hydrogen-bond acceptors (Lipinski definition) is 4. The van der Waals surface area contributed by atoms with Crippen molar-refractivity contribution in [2.24, 2.45) is 5.41 Å². The fourth-order valence-electron chi connectivity index (χ4n) is 5.29. The standard InChI is InChI=1S/C23H29FN2O5/c1-12-10-31-20-17-13(19(28)14(21(29)30)9-25(12)17)7-15(24)18(20)26(6)11-22(2,3)16(27)8-23(26,4)5/h7,9,12,16,27H,8,10-11H2,1-6H3/p+1. The van der Waals surface area contributed by atoms with Crippen LogP contribution in [0.5, 0.6) is 5.75 Å². The Morgan fingerprint density at radius 2 is 1.97 bits per heavy atom. The van der Waals surface area contributed by atoms with E-state index >= 15 is 4.39 Å². The summed E-state index contributed by atoms with van der Waals surface area (Å²) in [7, 11) is 1.93. The average Bonchev–Trinajstić information content (AvgIpc) is 2.63. The topological polar surface area (TPSA) is 88.8 Å². The first kappa shape index (κ1) is 21.8. The van der Waals surface area contributed by atoms with Crippen LogP contribution in [0.4, 0.5) is 10.1 Å². The molecule has 0 bridgehead atoms. The highest BCUT2D eigenvalue weighted by molar-refractivity contribution is 5.97. The number of halogens is 1. The number of aliphatic hydroxyl groups excluding tert-OH is 1. The molecule has 1 fully saturated rings. The second-order valence-electron chi connectivity index (χ2n) is 10.5. The Kier molecular flexibility index (Phi) is 4.58. The summed E-state index contributed by atoms with van der Waals surface area (Å²) < 4.78 is 23.7. The van der Waals surface area contributed by atoms with Gasteiger partial charge in [-0.2, -0.15) is 0 Å². The molecule has 0 aliphatic carbocycles. The first-order chi connectivity index (χ1) is 14.2. The SMILES string of the molecule is CC1COc2c([N+]3(C)CC(C)(C)C(O)CC3(C)C)c(F)cc3c(=O)c(C(=O)O)cn1c23. The van der Waals surface area contributed by atoms with Gasteiger partial charge in [0.25, 0.3) is 0 Å². The number of piperidine rings is 1. The first-order valence-electron chi connectivity index (χ1n) is 10.5. The lowest BCUT2D eigenvalue weighted by atomic mass is 9.72. The van der Waals surface area contributed by atoms with E-state index < -0.39 is 34.3 Å². The predicted octanol–water partition coefficient (Wildman–Crippen LogP) is 3.30. The van der Waals surface area contributed by atoms with Gasteiger partial charge in [0.1, 0.15) is 23.2 Å². The van der Waals surface area contributed by atoms with Gasteiger partial charge in [0.15, 0.2) is 5.82 Å². The second-order valence-corrected chi connectivity index (χ2v) is 10.5. The van der Waals surface area contributed by atoms with Gasteiger partial charge in [0.2, 0.25) is 16.9 Å². The number of aromatic nitrogens is 1. The van der Waals surface area contributed by atoms with Crippen molar-refractivity contribution in [2.45, 2.75) is 58.7 Å². The Morgan fingerprint density at radius 3 is 2.58 bits per heavy atom. The number of benzene rings is 1. The van der Waals surface area contributed by atoms with Crippen LogP contribution in [-0.4, -0.2) is 52.6 Å². The maximum absolute atomic E-state index is 15.8. The maximum Gasteiger partial charge on any atom is 0.341 e. The van der Waals surface area contributed by atoms with Crippen molar-refractivity contribution in [3.63, 3.8) is 0 Å². The molecule has 2 N–H and O–H groups in total. The Hall–Kier alpha value is -2.45. The Labute approximate surface area is 180 Å². The largest absolute Gasteiger partial charge is 0.484 e. The number of aliphatic hydroxyl groups is 1. The molecule has 0 saturated carbocycles. The third-order valence-corrected chi connectivity index (χ3v) is 7.52. The quantitative estimate of drug-likeness (QED) is 0.710. The van der Waals surface area contributed by atoms with E-state index in [-0.39, 0.29) is 33.8 Å². The zero-order valence-electron chi connectivity index (χ0n) is 18.8. The molecule has 3 heterocycles. The van der Waals surface area contributed by atoms with Gasteiger partial charge in [0.05, 0.1) is 31.1 Å². The molecular formula is C23H30FN2O5+. The summed E-state index contributed by atoms with van der Waals surface area (Å²) in [6.45, 7) is 10.5. The molecule has 4 rings (SSSR count). The van der Waals surface area contributed by atoms with Gasteiger partial charge in [-0.25, -0.2) is 9.18 Å². The molecule has 3 unspecified atom stereocenters. The summed E-state index contributed by atoms with van der Waals surface area (Å²) in [4.78, 5) is 24.5. The van der Waals surface area contributed by atoms with E-state index in [1.807, 2.05) is 41.7 Å². The highest BCUT2D eigenvalue weighted by Gasteiger charge is 2.56. The third kappa shape index (κ3) is 2.91. The summed E-state index contributed by atoms with van der Waals surface area (Å²) in [5, 5.41) is 20.2. The number of carboxylic acids is 1. The zero-order chi connectivity index (χ0) is 23.1. The zero-order valence-corrected chi connectivity index (χ0v) is 18.8. The summed E-state index contributed by atoms with van der Waals surface area (Å²) in [6.07, 6.45) is 1.26. The molecule has 3 atom stereocenters. The van der Waals surface area contributed by atoms with Gasteiger partial charge < -0.3 is 19.5 Å². The van der Waals surface area contributed by atoms with Crippen LogP contribution in [0.1, 0.15) is 57.4 Å². The van der Waals surface area contributed by atoms with E-state index in [4.69, 9.17) is 4.74 Å². The summed E-state index contributed by atoms with van der Waals surface area (Å²) >= 11 is 0. The Balaban J connectivity index is 2.10. The minimum Gasteiger partial charge on any atom is -0.484 e. The summed E-state index contributed by atoms with van der Waals surface area (Å²) in [5.41, 5.74) is -1.34. The molecule has 1 aromatic heterocycles. The number of quaternary nitrogens is 1. The number of nitrogens with zero attached hydrogens (tertiary/aromatic N) is 2.